The summed E-state index contributed by atoms with van der Waals surface area (Å²) in [6.07, 6.45) is 1.31. The number of aromatic nitrogens is 2. The molecule has 0 radical (unpaired) electrons. The average Bonchev–Trinajstić information content (AvgIpc) is 1.95. The molecule has 1 aromatic heterocycles. The molecule has 0 aliphatic rings. The molecule has 0 amide bonds. The van der Waals surface area contributed by atoms with Crippen LogP contribution in [0.25, 0.3) is 0 Å². The molecule has 1 heterocycles. The van der Waals surface area contributed by atoms with Gasteiger partial charge in [0, 0.05) is 0 Å². The predicted molar refractivity (Wildman–Crippen MR) is 34.4 cm³/mol. The molecule has 1 aromatic rings. The molecule has 0 atom stereocenters. The van der Waals surface area contributed by atoms with E-state index >= 15 is 0 Å². The van der Waals surface area contributed by atoms with Crippen molar-refractivity contribution < 1.29 is 10.2 Å². The van der Waals surface area contributed by atoms with Crippen LogP contribution in [0.1, 0.15) is 11.4 Å². The van der Waals surface area contributed by atoms with Gasteiger partial charge < -0.3 is 10.2 Å². The third kappa shape index (κ3) is 1.06. The quantitative estimate of drug-likeness (QED) is 0.575. The molecule has 0 aromatic carbocycles. The minimum Gasteiger partial charge on any atom is -0.504 e. The van der Waals surface area contributed by atoms with Crippen molar-refractivity contribution in [2.45, 2.75) is 13.5 Å². The number of hydrogen-bond donors (Lipinski definition) is 2. The van der Waals surface area contributed by atoms with Gasteiger partial charge in [-0.1, -0.05) is 0 Å². The van der Waals surface area contributed by atoms with Gasteiger partial charge in [-0.25, -0.2) is 9.97 Å². The lowest BCUT2D eigenvalue weighted by atomic mass is 10.3. The van der Waals surface area contributed by atoms with Crippen LogP contribution < -0.4 is 0 Å². The van der Waals surface area contributed by atoms with Gasteiger partial charge in [-0.05, 0) is 6.92 Å². The molecule has 0 aliphatic heterocycles. The highest BCUT2D eigenvalue weighted by Crippen LogP contribution is 2.15. The first-order valence-electron chi connectivity index (χ1n) is 2.86. The minimum absolute atomic E-state index is 0.0231. The summed E-state index contributed by atoms with van der Waals surface area (Å²) in [4.78, 5) is 7.36. The van der Waals surface area contributed by atoms with E-state index in [9.17, 15) is 0 Å². The number of aromatic hydroxyl groups is 1. The molecule has 54 valence electrons. The van der Waals surface area contributed by atoms with Crippen LogP contribution in [0.5, 0.6) is 5.75 Å². The molecule has 1 rings (SSSR count). The smallest absolute Gasteiger partial charge is 0.160 e. The highest BCUT2D eigenvalue weighted by Gasteiger charge is 2.03. The first kappa shape index (κ1) is 6.95. The Morgan fingerprint density at radius 2 is 2.20 bits per heavy atom. The number of nitrogens with zero attached hydrogens (tertiary/aromatic N) is 2. The van der Waals surface area contributed by atoms with Gasteiger partial charge in [0.2, 0.25) is 0 Å². The Morgan fingerprint density at radius 3 is 2.70 bits per heavy atom. The second-order valence-electron chi connectivity index (χ2n) is 1.91. The lowest BCUT2D eigenvalue weighted by Crippen LogP contribution is -1.93. The van der Waals surface area contributed by atoms with Gasteiger partial charge >= 0.3 is 0 Å². The SMILES string of the molecule is Cc1ncnc(CO)c1O. The Kier molecular flexibility index (Phi) is 1.82. The average molecular weight is 140 g/mol. The Bertz CT molecular complexity index is 237. The lowest BCUT2D eigenvalue weighted by Gasteiger charge is -1.99. The maximum Gasteiger partial charge on any atom is 0.160 e. The largest absolute Gasteiger partial charge is 0.504 e. The number of aryl methyl sites for hydroxylation is 1. The molecular weight excluding hydrogens is 132 g/mol. The zero-order chi connectivity index (χ0) is 7.56. The molecule has 0 fully saturated rings. The van der Waals surface area contributed by atoms with Crippen LogP contribution in [0, 0.1) is 6.92 Å². The monoisotopic (exact) mass is 140 g/mol. The van der Waals surface area contributed by atoms with Crippen molar-refractivity contribution in [3.05, 3.63) is 17.7 Å². The third-order valence-corrected chi connectivity index (χ3v) is 1.23. The van der Waals surface area contributed by atoms with E-state index in [1.165, 1.54) is 6.33 Å². The van der Waals surface area contributed by atoms with E-state index in [1.54, 1.807) is 6.92 Å². The summed E-state index contributed by atoms with van der Waals surface area (Å²) >= 11 is 0. The van der Waals surface area contributed by atoms with E-state index in [0.717, 1.165) is 0 Å². The number of rotatable bonds is 1. The van der Waals surface area contributed by atoms with Crippen LogP contribution in [0.3, 0.4) is 0 Å². The Labute approximate surface area is 58.2 Å². The molecular formula is C6H8N2O2. The fourth-order valence-corrected chi connectivity index (χ4v) is 0.632. The fourth-order valence-electron chi connectivity index (χ4n) is 0.632. The standard InChI is InChI=1S/C6H8N2O2/c1-4-6(10)5(2-9)8-3-7-4/h3,9-10H,2H2,1H3. The molecule has 0 saturated carbocycles. The van der Waals surface area contributed by atoms with Gasteiger partial charge in [-0.3, -0.25) is 0 Å². The topological polar surface area (TPSA) is 66.2 Å². The summed E-state index contributed by atoms with van der Waals surface area (Å²) in [6.45, 7) is 1.39. The van der Waals surface area contributed by atoms with Crippen molar-refractivity contribution in [1.29, 1.82) is 0 Å². The van der Waals surface area contributed by atoms with Crippen molar-refractivity contribution in [2.24, 2.45) is 0 Å². The van der Waals surface area contributed by atoms with Gasteiger partial charge in [0.15, 0.2) is 5.75 Å². The van der Waals surface area contributed by atoms with Gasteiger partial charge in [-0.15, -0.1) is 0 Å². The fraction of sp³-hybridized carbons (Fsp3) is 0.333. The molecule has 0 bridgehead atoms. The van der Waals surface area contributed by atoms with E-state index in [2.05, 4.69) is 9.97 Å². The third-order valence-electron chi connectivity index (χ3n) is 1.23. The van der Waals surface area contributed by atoms with Crippen LogP contribution in [0.4, 0.5) is 0 Å². The summed E-state index contributed by atoms with van der Waals surface area (Å²) in [5.41, 5.74) is 0.756. The van der Waals surface area contributed by atoms with Crippen molar-refractivity contribution in [3.63, 3.8) is 0 Å². The minimum atomic E-state index is -0.255. The van der Waals surface area contributed by atoms with Crippen molar-refractivity contribution >= 4 is 0 Å². The van der Waals surface area contributed by atoms with Gasteiger partial charge in [0.25, 0.3) is 0 Å². The molecule has 4 nitrogen and oxygen atoms in total. The number of aliphatic hydroxyl groups is 1. The van der Waals surface area contributed by atoms with Gasteiger partial charge in [0.05, 0.1) is 12.3 Å². The van der Waals surface area contributed by atoms with Crippen LogP contribution >= 0.6 is 0 Å². The van der Waals surface area contributed by atoms with Crippen molar-refractivity contribution in [2.75, 3.05) is 0 Å². The molecule has 0 unspecified atom stereocenters. The predicted octanol–water partition coefficient (Wildman–Crippen LogP) is -0.0171. The highest BCUT2D eigenvalue weighted by atomic mass is 16.3. The van der Waals surface area contributed by atoms with Crippen molar-refractivity contribution in [3.8, 4) is 5.75 Å². The summed E-state index contributed by atoms with van der Waals surface area (Å²) in [5, 5.41) is 17.7. The van der Waals surface area contributed by atoms with E-state index in [4.69, 9.17) is 10.2 Å². The highest BCUT2D eigenvalue weighted by molar-refractivity contribution is 5.28. The molecule has 0 spiro atoms. The first-order valence-corrected chi connectivity index (χ1v) is 2.86. The van der Waals surface area contributed by atoms with E-state index in [1.807, 2.05) is 0 Å². The van der Waals surface area contributed by atoms with E-state index in [-0.39, 0.29) is 18.1 Å². The maximum atomic E-state index is 9.11. The zero-order valence-corrected chi connectivity index (χ0v) is 5.57. The first-order chi connectivity index (χ1) is 4.75. The van der Waals surface area contributed by atoms with Crippen LogP contribution in [-0.4, -0.2) is 20.2 Å². The maximum absolute atomic E-state index is 9.11. The molecule has 0 saturated heterocycles. The van der Waals surface area contributed by atoms with E-state index in [0.29, 0.717) is 5.69 Å². The van der Waals surface area contributed by atoms with Crippen LogP contribution in [-0.2, 0) is 6.61 Å². The van der Waals surface area contributed by atoms with Gasteiger partial charge in [0.1, 0.15) is 12.0 Å². The van der Waals surface area contributed by atoms with Crippen molar-refractivity contribution in [1.82, 2.24) is 9.97 Å². The Hall–Kier alpha value is -1.16. The lowest BCUT2D eigenvalue weighted by molar-refractivity contribution is 0.269. The second-order valence-corrected chi connectivity index (χ2v) is 1.91. The number of hydrogen-bond acceptors (Lipinski definition) is 4. The normalized spacial score (nSPS) is 9.80. The van der Waals surface area contributed by atoms with Crippen LogP contribution in [0.15, 0.2) is 6.33 Å². The molecule has 10 heavy (non-hydrogen) atoms. The van der Waals surface area contributed by atoms with Gasteiger partial charge in [-0.2, -0.15) is 0 Å². The molecule has 0 aliphatic carbocycles. The Balaban J connectivity index is 3.14. The summed E-state index contributed by atoms with van der Waals surface area (Å²) in [7, 11) is 0. The molecule has 2 N–H and O–H groups in total. The summed E-state index contributed by atoms with van der Waals surface area (Å²) < 4.78 is 0. The number of aliphatic hydroxyl groups excluding tert-OH is 1. The summed E-state index contributed by atoms with van der Waals surface area (Å²) in [5.74, 6) is -0.0231. The van der Waals surface area contributed by atoms with E-state index < -0.39 is 0 Å². The van der Waals surface area contributed by atoms with Crippen LogP contribution in [0.2, 0.25) is 0 Å². The molecule has 4 heteroatoms. The zero-order valence-electron chi connectivity index (χ0n) is 5.57. The Morgan fingerprint density at radius 1 is 1.50 bits per heavy atom. The second kappa shape index (κ2) is 2.62. The summed E-state index contributed by atoms with van der Waals surface area (Å²) in [6, 6.07) is 0.